The normalized spacial score (nSPS) is 18.9. The molecule has 3 rings (SSSR count). The topological polar surface area (TPSA) is 58.6 Å². The molecule has 2 atom stereocenters. The molecule has 1 heterocycles. The molecule has 28 heavy (non-hydrogen) atoms. The smallest absolute Gasteiger partial charge is 0.256 e. The maximum Gasteiger partial charge on any atom is 0.256 e. The summed E-state index contributed by atoms with van der Waals surface area (Å²) in [6, 6.07) is 14.3. The fraction of sp³-hybridized carbons (Fsp3) is 0.333. The average Bonchev–Trinajstić information content (AvgIpc) is 3.13. The summed E-state index contributed by atoms with van der Waals surface area (Å²) in [5.74, 6) is 0.160. The van der Waals surface area contributed by atoms with Crippen molar-refractivity contribution in [3.05, 3.63) is 70.2 Å². The van der Waals surface area contributed by atoms with Crippen molar-refractivity contribution >= 4 is 35.2 Å². The minimum absolute atomic E-state index is 0.167. The number of benzene rings is 2. The number of hydrogen-bond donors (Lipinski definition) is 1. The number of aryl methyl sites for hydroxylation is 1. The van der Waals surface area contributed by atoms with E-state index in [-0.39, 0.29) is 17.2 Å². The minimum Gasteiger partial charge on any atom is -0.383 e. The second kappa shape index (κ2) is 9.45. The third-order valence-corrected chi connectivity index (χ3v) is 6.34. The van der Waals surface area contributed by atoms with Crippen LogP contribution in [0.3, 0.4) is 0 Å². The lowest BCUT2D eigenvalue weighted by Crippen LogP contribution is -2.48. The van der Waals surface area contributed by atoms with Crippen LogP contribution in [0.25, 0.3) is 0 Å². The van der Waals surface area contributed by atoms with Gasteiger partial charge in [0.05, 0.1) is 6.61 Å². The van der Waals surface area contributed by atoms with Crippen molar-refractivity contribution in [1.29, 1.82) is 0 Å². The van der Waals surface area contributed by atoms with Crippen LogP contribution in [0, 0.1) is 6.92 Å². The molecule has 1 aliphatic rings. The van der Waals surface area contributed by atoms with Crippen LogP contribution in [-0.4, -0.2) is 48.8 Å². The van der Waals surface area contributed by atoms with Gasteiger partial charge in [-0.05, 0) is 24.6 Å². The van der Waals surface area contributed by atoms with Gasteiger partial charge in [0.1, 0.15) is 11.4 Å². The van der Waals surface area contributed by atoms with Gasteiger partial charge in [0, 0.05) is 35.6 Å². The molecule has 2 unspecified atom stereocenters. The van der Waals surface area contributed by atoms with Crippen LogP contribution >= 0.6 is 23.4 Å². The van der Waals surface area contributed by atoms with Crippen molar-refractivity contribution in [2.24, 2.45) is 0 Å². The molecule has 0 aliphatic carbocycles. The van der Waals surface area contributed by atoms with Gasteiger partial charge in [-0.25, -0.2) is 0 Å². The maximum atomic E-state index is 13.5. The maximum absolute atomic E-state index is 13.5. The molecule has 1 N–H and O–H groups in total. The van der Waals surface area contributed by atoms with Crippen molar-refractivity contribution in [2.75, 3.05) is 26.0 Å². The summed E-state index contributed by atoms with van der Waals surface area (Å²) in [7, 11) is 1.58. The quantitative estimate of drug-likeness (QED) is 0.727. The van der Waals surface area contributed by atoms with E-state index in [1.54, 1.807) is 35.9 Å². The van der Waals surface area contributed by atoms with Crippen molar-refractivity contribution in [3.8, 4) is 0 Å². The summed E-state index contributed by atoms with van der Waals surface area (Å²) < 4.78 is 5.00. The van der Waals surface area contributed by atoms with E-state index < -0.39 is 6.04 Å². The lowest BCUT2D eigenvalue weighted by Gasteiger charge is -2.30. The Morgan fingerprint density at radius 1 is 1.21 bits per heavy atom. The van der Waals surface area contributed by atoms with Crippen LogP contribution in [0.2, 0.25) is 5.02 Å². The van der Waals surface area contributed by atoms with Gasteiger partial charge in [-0.15, -0.1) is 11.8 Å². The number of carbonyl (C=O) groups is 2. The van der Waals surface area contributed by atoms with E-state index in [0.717, 1.165) is 11.1 Å². The van der Waals surface area contributed by atoms with Crippen LogP contribution in [0.1, 0.15) is 26.9 Å². The Kier molecular flexibility index (Phi) is 6.99. The second-order valence-electron chi connectivity index (χ2n) is 6.53. The standard InChI is InChI=1S/C21H23ClN2O3S/c1-14-7-3-4-8-15(14)20(26)24-18(19(25)23-11-12-27-2)13-28-21(24)16-9-5-6-10-17(16)22/h3-10,18,21H,11-13H2,1-2H3,(H,23,25). The Hall–Kier alpha value is -2.02. The van der Waals surface area contributed by atoms with Crippen LogP contribution in [0.5, 0.6) is 0 Å². The Labute approximate surface area is 174 Å². The van der Waals surface area contributed by atoms with E-state index in [9.17, 15) is 9.59 Å². The van der Waals surface area contributed by atoms with E-state index in [2.05, 4.69) is 5.32 Å². The number of nitrogens with one attached hydrogen (secondary N) is 1. The molecule has 2 aromatic rings. The second-order valence-corrected chi connectivity index (χ2v) is 8.05. The SMILES string of the molecule is COCCNC(=O)C1CSC(c2ccccc2Cl)N1C(=O)c1ccccc1C. The average molecular weight is 419 g/mol. The lowest BCUT2D eigenvalue weighted by atomic mass is 10.1. The zero-order valence-electron chi connectivity index (χ0n) is 15.9. The number of carbonyl (C=O) groups excluding carboxylic acids is 2. The number of rotatable bonds is 6. The van der Waals surface area contributed by atoms with Gasteiger partial charge in [-0.2, -0.15) is 0 Å². The zero-order chi connectivity index (χ0) is 20.1. The fourth-order valence-corrected chi connectivity index (χ4v) is 4.99. The summed E-state index contributed by atoms with van der Waals surface area (Å²) >= 11 is 7.96. The molecule has 7 heteroatoms. The van der Waals surface area contributed by atoms with E-state index in [4.69, 9.17) is 16.3 Å². The molecular weight excluding hydrogens is 396 g/mol. The largest absolute Gasteiger partial charge is 0.383 e. The molecule has 0 aromatic heterocycles. The molecule has 0 bridgehead atoms. The number of amides is 2. The fourth-order valence-electron chi connectivity index (χ4n) is 3.22. The molecule has 1 saturated heterocycles. The first-order valence-corrected chi connectivity index (χ1v) is 10.5. The summed E-state index contributed by atoms with van der Waals surface area (Å²) in [6.07, 6.45) is 0. The van der Waals surface area contributed by atoms with Gasteiger partial charge in [-0.1, -0.05) is 48.0 Å². The van der Waals surface area contributed by atoms with E-state index in [1.807, 2.05) is 43.3 Å². The molecular formula is C21H23ClN2O3S. The Morgan fingerprint density at radius 2 is 1.93 bits per heavy atom. The third-order valence-electron chi connectivity index (χ3n) is 4.69. The minimum atomic E-state index is -0.574. The molecule has 1 fully saturated rings. The van der Waals surface area contributed by atoms with Gasteiger partial charge in [-0.3, -0.25) is 9.59 Å². The molecule has 2 amide bonds. The first-order chi connectivity index (χ1) is 13.5. The zero-order valence-corrected chi connectivity index (χ0v) is 17.4. The first-order valence-electron chi connectivity index (χ1n) is 9.05. The Bertz CT molecular complexity index is 861. The molecule has 5 nitrogen and oxygen atoms in total. The predicted molar refractivity (Wildman–Crippen MR) is 113 cm³/mol. The van der Waals surface area contributed by atoms with Gasteiger partial charge in [0.15, 0.2) is 0 Å². The van der Waals surface area contributed by atoms with Crippen LogP contribution < -0.4 is 5.32 Å². The van der Waals surface area contributed by atoms with Gasteiger partial charge in [0.25, 0.3) is 5.91 Å². The van der Waals surface area contributed by atoms with Gasteiger partial charge >= 0.3 is 0 Å². The molecule has 2 aromatic carbocycles. The number of methoxy groups -OCH3 is 1. The van der Waals surface area contributed by atoms with Gasteiger partial charge in [0.2, 0.25) is 5.91 Å². The number of nitrogens with zero attached hydrogens (tertiary/aromatic N) is 1. The van der Waals surface area contributed by atoms with Crippen LogP contribution in [-0.2, 0) is 9.53 Å². The highest BCUT2D eigenvalue weighted by molar-refractivity contribution is 7.99. The third kappa shape index (κ3) is 4.35. The predicted octanol–water partition coefficient (Wildman–Crippen LogP) is 3.67. The highest BCUT2D eigenvalue weighted by Gasteiger charge is 2.43. The monoisotopic (exact) mass is 418 g/mol. The summed E-state index contributed by atoms with van der Waals surface area (Å²) in [6.45, 7) is 2.72. The van der Waals surface area contributed by atoms with Gasteiger partial charge < -0.3 is 15.0 Å². The summed E-state index contributed by atoms with van der Waals surface area (Å²) in [5.41, 5.74) is 2.31. The van der Waals surface area contributed by atoms with Crippen LogP contribution in [0.15, 0.2) is 48.5 Å². The number of ether oxygens (including phenoxy) is 1. The van der Waals surface area contributed by atoms with Crippen molar-refractivity contribution in [3.63, 3.8) is 0 Å². The molecule has 0 radical (unpaired) electrons. The number of thioether (sulfide) groups is 1. The number of hydrogen-bond acceptors (Lipinski definition) is 4. The van der Waals surface area contributed by atoms with Crippen LogP contribution in [0.4, 0.5) is 0 Å². The van der Waals surface area contributed by atoms with E-state index >= 15 is 0 Å². The lowest BCUT2D eigenvalue weighted by molar-refractivity contribution is -0.125. The molecule has 148 valence electrons. The molecule has 1 aliphatic heterocycles. The molecule has 0 saturated carbocycles. The van der Waals surface area contributed by atoms with E-state index in [0.29, 0.717) is 29.5 Å². The Balaban J connectivity index is 1.95. The Morgan fingerprint density at radius 3 is 2.64 bits per heavy atom. The summed E-state index contributed by atoms with van der Waals surface area (Å²) in [5, 5.41) is 3.12. The van der Waals surface area contributed by atoms with Crippen molar-refractivity contribution in [2.45, 2.75) is 18.3 Å². The first kappa shape index (κ1) is 20.7. The van der Waals surface area contributed by atoms with Crippen molar-refractivity contribution in [1.82, 2.24) is 10.2 Å². The number of halogens is 1. The van der Waals surface area contributed by atoms with E-state index in [1.165, 1.54) is 0 Å². The highest BCUT2D eigenvalue weighted by atomic mass is 35.5. The summed E-state index contributed by atoms with van der Waals surface area (Å²) in [4.78, 5) is 27.9. The highest BCUT2D eigenvalue weighted by Crippen LogP contribution is 2.44. The molecule has 0 spiro atoms. The van der Waals surface area contributed by atoms with Crippen molar-refractivity contribution < 1.29 is 14.3 Å².